The molecule has 43 valence electrons. The van der Waals surface area contributed by atoms with E-state index in [0.717, 1.165) is 0 Å². The van der Waals surface area contributed by atoms with Gasteiger partial charge in [0.15, 0.2) is 0 Å². The molecule has 0 heterocycles. The summed E-state index contributed by atoms with van der Waals surface area (Å²) >= 11 is 0. The molecule has 8 heteroatoms. The summed E-state index contributed by atoms with van der Waals surface area (Å²) in [5.41, 5.74) is 0. The minimum atomic E-state index is -4.64. The molecule has 0 aromatic heterocycles. The summed E-state index contributed by atoms with van der Waals surface area (Å²) in [7, 11) is -4.64. The van der Waals surface area contributed by atoms with Crippen LogP contribution in [0.15, 0.2) is 0 Å². The van der Waals surface area contributed by atoms with Crippen molar-refractivity contribution in [1.29, 1.82) is 0 Å². The normalized spacial score (nSPS) is 7.38. The Morgan fingerprint density at radius 3 is 1.12 bits per heavy atom. The van der Waals surface area contributed by atoms with Gasteiger partial charge in [-0.25, -0.2) is 4.57 Å². The Labute approximate surface area is 95.7 Å². The molecule has 0 bridgehead atoms. The first kappa shape index (κ1) is 22.4. The van der Waals surface area contributed by atoms with E-state index in [1.54, 1.807) is 0 Å². The summed E-state index contributed by atoms with van der Waals surface area (Å²) in [6.45, 7) is 0. The van der Waals surface area contributed by atoms with Crippen molar-refractivity contribution in [3.63, 3.8) is 0 Å². The predicted molar refractivity (Wildman–Crippen MR) is 21.4 cm³/mol. The third-order valence-electron chi connectivity index (χ3n) is 0. The van der Waals surface area contributed by atoms with Crippen molar-refractivity contribution in [1.82, 2.24) is 0 Å². The standard InChI is InChI=1S/Na.H3O4P.Ti.V.H/c;1-5(2,3)4;;;/h;(H3,1,2,3,4);;;. The molecule has 0 spiro atoms. The summed E-state index contributed by atoms with van der Waals surface area (Å²) in [4.78, 5) is 21.6. The van der Waals surface area contributed by atoms with Gasteiger partial charge in [-0.15, -0.1) is 0 Å². The molecule has 0 atom stereocenters. The molecular weight excluding hydrogens is 217 g/mol. The van der Waals surface area contributed by atoms with E-state index < -0.39 is 7.82 Å². The van der Waals surface area contributed by atoms with E-state index in [-0.39, 0.29) is 69.8 Å². The fourth-order valence-electron chi connectivity index (χ4n) is 0. The van der Waals surface area contributed by atoms with Crippen molar-refractivity contribution < 1.29 is 59.5 Å². The molecule has 3 N–H and O–H groups in total. The maximum atomic E-state index is 8.88. The van der Waals surface area contributed by atoms with E-state index in [1.807, 2.05) is 0 Å². The van der Waals surface area contributed by atoms with Crippen LogP contribution in [0.4, 0.5) is 0 Å². The molecule has 0 fully saturated rings. The molecule has 0 amide bonds. The Balaban J connectivity index is -0.0000000267. The molecule has 1 radical (unpaired) electrons. The van der Waals surface area contributed by atoms with Gasteiger partial charge >= 0.3 is 37.4 Å². The van der Waals surface area contributed by atoms with Crippen LogP contribution in [0.25, 0.3) is 0 Å². The Morgan fingerprint density at radius 1 is 1.12 bits per heavy atom. The zero-order valence-electron chi connectivity index (χ0n) is 3.14. The summed E-state index contributed by atoms with van der Waals surface area (Å²) in [5, 5.41) is 0. The van der Waals surface area contributed by atoms with Crippen LogP contribution >= 0.6 is 7.82 Å². The fraction of sp³-hybridized carbons (Fsp3) is 0. The van der Waals surface area contributed by atoms with Crippen molar-refractivity contribution in [2.45, 2.75) is 0 Å². The van der Waals surface area contributed by atoms with Gasteiger partial charge in [-0.3, -0.25) is 0 Å². The molecule has 4 nitrogen and oxygen atoms in total. The van der Waals surface area contributed by atoms with E-state index in [4.69, 9.17) is 19.2 Å². The second-order valence-corrected chi connectivity index (χ2v) is 1.54. The van der Waals surface area contributed by atoms with Gasteiger partial charge in [-0.2, -0.15) is 0 Å². The van der Waals surface area contributed by atoms with Crippen molar-refractivity contribution in [3.8, 4) is 0 Å². The number of rotatable bonds is 0. The zero-order chi connectivity index (χ0) is 4.50. The first-order valence-corrected chi connectivity index (χ1v) is 2.35. The third kappa shape index (κ3) is 79.6. The maximum absolute atomic E-state index is 8.88. The molecule has 0 saturated heterocycles. The molecule has 8 heavy (non-hydrogen) atoms. The van der Waals surface area contributed by atoms with E-state index in [1.165, 1.54) is 0 Å². The second kappa shape index (κ2) is 9.41. The monoisotopic (exact) mass is 221 g/mol. The maximum Gasteiger partial charge on any atom is 0 e. The molecule has 0 aromatic rings. The Morgan fingerprint density at radius 2 is 1.12 bits per heavy atom. The second-order valence-electron chi connectivity index (χ2n) is 0.513. The van der Waals surface area contributed by atoms with Crippen LogP contribution < -0.4 is 0 Å². The third-order valence-corrected chi connectivity index (χ3v) is 0. The van der Waals surface area contributed by atoms with Crippen molar-refractivity contribution in [2.75, 3.05) is 0 Å². The van der Waals surface area contributed by atoms with Crippen molar-refractivity contribution >= 4 is 37.4 Å². The van der Waals surface area contributed by atoms with Crippen LogP contribution in [0, 0.1) is 0 Å². The van der Waals surface area contributed by atoms with Crippen molar-refractivity contribution in [2.24, 2.45) is 0 Å². The SMILES string of the molecule is O=P(O)(O)O.[NaH].[Ti].[V]. The summed E-state index contributed by atoms with van der Waals surface area (Å²) in [6.07, 6.45) is 0. The molecule has 0 aliphatic rings. The van der Waals surface area contributed by atoms with Crippen LogP contribution in [-0.4, -0.2) is 44.2 Å². The molecular formula is H4NaO4PTiV. The molecule has 0 rings (SSSR count). The van der Waals surface area contributed by atoms with Crippen LogP contribution in [0.2, 0.25) is 0 Å². The first-order chi connectivity index (χ1) is 2.00. The fourth-order valence-corrected chi connectivity index (χ4v) is 0. The summed E-state index contributed by atoms with van der Waals surface area (Å²) in [6, 6.07) is 0. The largest absolute Gasteiger partial charge is 0 e. The predicted octanol–water partition coefficient (Wildman–Crippen LogP) is -1.58. The number of hydrogen-bond donors (Lipinski definition) is 3. The van der Waals surface area contributed by atoms with E-state index in [9.17, 15) is 0 Å². The van der Waals surface area contributed by atoms with E-state index >= 15 is 0 Å². The van der Waals surface area contributed by atoms with Gasteiger partial charge in [0.25, 0.3) is 0 Å². The van der Waals surface area contributed by atoms with Gasteiger partial charge in [-0.05, 0) is 0 Å². The molecule has 0 aliphatic carbocycles. The Kier molecular flexibility index (Phi) is 26.4. The average molecular weight is 221 g/mol. The molecule has 0 aromatic carbocycles. The van der Waals surface area contributed by atoms with Gasteiger partial charge < -0.3 is 14.7 Å². The van der Waals surface area contributed by atoms with Crippen LogP contribution in [0.3, 0.4) is 0 Å². The minimum Gasteiger partial charge on any atom is 0 e. The minimum absolute atomic E-state index is 0. The Bertz CT molecular complexity index is 62.2. The topological polar surface area (TPSA) is 77.8 Å². The van der Waals surface area contributed by atoms with E-state index in [0.29, 0.717) is 0 Å². The van der Waals surface area contributed by atoms with Crippen LogP contribution in [-0.2, 0) is 44.8 Å². The van der Waals surface area contributed by atoms with Gasteiger partial charge in [0.1, 0.15) is 0 Å². The van der Waals surface area contributed by atoms with Gasteiger partial charge in [0.05, 0.1) is 0 Å². The smallest absolute Gasteiger partial charge is 0 e. The van der Waals surface area contributed by atoms with E-state index in [2.05, 4.69) is 0 Å². The quantitative estimate of drug-likeness (QED) is 0.340. The summed E-state index contributed by atoms with van der Waals surface area (Å²) in [5.74, 6) is 0. The van der Waals surface area contributed by atoms with Gasteiger partial charge in [-0.1, -0.05) is 0 Å². The molecule has 0 aliphatic heterocycles. The van der Waals surface area contributed by atoms with Gasteiger partial charge in [0, 0.05) is 40.3 Å². The Hall–Kier alpha value is 2.41. The molecule has 0 saturated carbocycles. The molecule has 0 unspecified atom stereocenters. The first-order valence-electron chi connectivity index (χ1n) is 0.783. The zero-order valence-corrected chi connectivity index (χ0v) is 7.00. The van der Waals surface area contributed by atoms with Gasteiger partial charge in [0.2, 0.25) is 0 Å². The van der Waals surface area contributed by atoms with Crippen LogP contribution in [0.1, 0.15) is 0 Å². The average Bonchev–Trinajstić information content (AvgIpc) is 0.722. The number of hydrogen-bond acceptors (Lipinski definition) is 1. The van der Waals surface area contributed by atoms with Crippen LogP contribution in [0.5, 0.6) is 0 Å². The number of phosphoric acid groups is 1. The van der Waals surface area contributed by atoms with Crippen molar-refractivity contribution in [3.05, 3.63) is 0 Å². The summed E-state index contributed by atoms with van der Waals surface area (Å²) < 4.78 is 8.88.